The number of aryl methyl sites for hydroxylation is 1. The molecular weight excluding hydrogens is 332 g/mol. The third kappa shape index (κ3) is 4.92. The number of carbonyl (C=O) groups is 1. The van der Waals surface area contributed by atoms with Gasteiger partial charge in [0.15, 0.2) is 0 Å². The first-order chi connectivity index (χ1) is 12.6. The average molecular weight is 356 g/mol. The van der Waals surface area contributed by atoms with Crippen molar-refractivity contribution in [2.75, 3.05) is 25.1 Å². The van der Waals surface area contributed by atoms with Gasteiger partial charge in [-0.25, -0.2) is 9.97 Å². The average Bonchev–Trinajstić information content (AvgIpc) is 3.15. The van der Waals surface area contributed by atoms with Crippen molar-refractivity contribution >= 4 is 17.5 Å². The molecule has 1 unspecified atom stereocenters. The van der Waals surface area contributed by atoms with Gasteiger partial charge >= 0.3 is 0 Å². The second-order valence-corrected chi connectivity index (χ2v) is 6.15. The van der Waals surface area contributed by atoms with Crippen LogP contribution in [0.15, 0.2) is 30.3 Å². The molecule has 0 spiro atoms. The smallest absolute Gasteiger partial charge is 0.270 e. The number of carbonyl (C=O) groups excluding carboxylic acids is 1. The van der Waals surface area contributed by atoms with Crippen molar-refractivity contribution in [2.24, 2.45) is 0 Å². The zero-order valence-corrected chi connectivity index (χ0v) is 15.1. The van der Waals surface area contributed by atoms with Crippen LogP contribution in [-0.4, -0.2) is 41.7 Å². The fraction of sp³-hybridized carbons (Fsp3) is 0.421. The molecule has 1 fully saturated rings. The summed E-state index contributed by atoms with van der Waals surface area (Å²) in [6.07, 6.45) is 2.13. The zero-order valence-electron chi connectivity index (χ0n) is 15.1. The number of hydrogen-bond acceptors (Lipinski definition) is 6. The van der Waals surface area contributed by atoms with Crippen molar-refractivity contribution in [3.05, 3.63) is 41.7 Å². The van der Waals surface area contributed by atoms with Crippen molar-refractivity contribution in [3.8, 4) is 5.75 Å². The maximum Gasteiger partial charge on any atom is 0.270 e. The van der Waals surface area contributed by atoms with Gasteiger partial charge in [0.2, 0.25) is 5.95 Å². The summed E-state index contributed by atoms with van der Waals surface area (Å²) in [6.45, 7) is 5.67. The van der Waals surface area contributed by atoms with E-state index in [-0.39, 0.29) is 12.0 Å². The molecule has 0 bridgehead atoms. The number of ether oxygens (including phenoxy) is 2. The van der Waals surface area contributed by atoms with Crippen LogP contribution in [0, 0.1) is 6.92 Å². The van der Waals surface area contributed by atoms with E-state index in [4.69, 9.17) is 9.47 Å². The Labute approximate surface area is 153 Å². The molecule has 3 rings (SSSR count). The summed E-state index contributed by atoms with van der Waals surface area (Å²) in [4.78, 5) is 21.0. The molecule has 1 aliphatic rings. The van der Waals surface area contributed by atoms with Crippen LogP contribution in [-0.2, 0) is 4.74 Å². The lowest BCUT2D eigenvalue weighted by molar-refractivity contribution is 0.0853. The Morgan fingerprint density at radius 2 is 2.12 bits per heavy atom. The van der Waals surface area contributed by atoms with Crippen LogP contribution in [0.5, 0.6) is 5.75 Å². The van der Waals surface area contributed by atoms with Gasteiger partial charge in [0.1, 0.15) is 11.4 Å². The minimum absolute atomic E-state index is 0.100. The van der Waals surface area contributed by atoms with Gasteiger partial charge in [-0.3, -0.25) is 4.79 Å². The predicted molar refractivity (Wildman–Crippen MR) is 99.0 cm³/mol. The van der Waals surface area contributed by atoms with Gasteiger partial charge in [-0.2, -0.15) is 0 Å². The Bertz CT molecular complexity index is 743. The van der Waals surface area contributed by atoms with Gasteiger partial charge < -0.3 is 20.1 Å². The van der Waals surface area contributed by atoms with Gasteiger partial charge in [0.05, 0.1) is 12.7 Å². The van der Waals surface area contributed by atoms with Gasteiger partial charge in [-0.1, -0.05) is 0 Å². The van der Waals surface area contributed by atoms with E-state index in [1.54, 1.807) is 6.07 Å². The Morgan fingerprint density at radius 1 is 1.31 bits per heavy atom. The molecule has 2 heterocycles. The van der Waals surface area contributed by atoms with Crippen molar-refractivity contribution in [3.63, 3.8) is 0 Å². The lowest BCUT2D eigenvalue weighted by atomic mass is 10.2. The molecule has 2 N–H and O–H groups in total. The number of nitrogens with one attached hydrogen (secondary N) is 2. The number of rotatable bonds is 7. The van der Waals surface area contributed by atoms with E-state index in [1.807, 2.05) is 38.1 Å². The molecule has 1 aromatic heterocycles. The van der Waals surface area contributed by atoms with E-state index in [1.165, 1.54) is 0 Å². The molecule has 0 saturated carbocycles. The van der Waals surface area contributed by atoms with Crippen LogP contribution >= 0.6 is 0 Å². The molecule has 7 nitrogen and oxygen atoms in total. The van der Waals surface area contributed by atoms with Gasteiger partial charge in [-0.15, -0.1) is 0 Å². The summed E-state index contributed by atoms with van der Waals surface area (Å²) in [5.41, 5.74) is 1.88. The molecule has 1 aliphatic heterocycles. The summed E-state index contributed by atoms with van der Waals surface area (Å²) in [6, 6.07) is 9.18. The molecule has 2 aromatic rings. The predicted octanol–water partition coefficient (Wildman–Crippen LogP) is 2.84. The monoisotopic (exact) mass is 356 g/mol. The lowest BCUT2D eigenvalue weighted by Crippen LogP contribution is -2.32. The molecule has 138 valence electrons. The van der Waals surface area contributed by atoms with E-state index in [2.05, 4.69) is 20.6 Å². The quantitative estimate of drug-likeness (QED) is 0.793. The SMILES string of the molecule is CCOc1ccc(Nc2nc(C)cc(C(=O)NCC3CCCO3)n2)cc1. The number of hydrogen-bond donors (Lipinski definition) is 2. The summed E-state index contributed by atoms with van der Waals surface area (Å²) in [7, 11) is 0. The van der Waals surface area contributed by atoms with E-state index in [0.717, 1.165) is 36.6 Å². The third-order valence-corrected chi connectivity index (χ3v) is 4.02. The normalized spacial score (nSPS) is 16.3. The molecule has 1 atom stereocenters. The first-order valence-electron chi connectivity index (χ1n) is 8.89. The lowest BCUT2D eigenvalue weighted by Gasteiger charge is -2.12. The van der Waals surface area contributed by atoms with Gasteiger partial charge in [0.25, 0.3) is 5.91 Å². The fourth-order valence-corrected chi connectivity index (χ4v) is 2.77. The number of aromatic nitrogens is 2. The molecule has 1 amide bonds. The maximum atomic E-state index is 12.4. The molecular formula is C19H24N4O3. The summed E-state index contributed by atoms with van der Waals surface area (Å²) in [5, 5.41) is 6.01. The van der Waals surface area contributed by atoms with Crippen LogP contribution in [0.3, 0.4) is 0 Å². The zero-order chi connectivity index (χ0) is 18.4. The van der Waals surface area contributed by atoms with E-state index >= 15 is 0 Å². The second kappa shape index (κ2) is 8.62. The summed E-state index contributed by atoms with van der Waals surface area (Å²) in [5.74, 6) is 0.967. The van der Waals surface area contributed by atoms with Crippen LogP contribution in [0.2, 0.25) is 0 Å². The van der Waals surface area contributed by atoms with Crippen molar-refractivity contribution in [1.29, 1.82) is 0 Å². The van der Waals surface area contributed by atoms with Crippen LogP contribution in [0.25, 0.3) is 0 Å². The number of benzene rings is 1. The Morgan fingerprint density at radius 3 is 2.81 bits per heavy atom. The summed E-state index contributed by atoms with van der Waals surface area (Å²) >= 11 is 0. The number of anilines is 2. The molecule has 0 radical (unpaired) electrons. The highest BCUT2D eigenvalue weighted by Gasteiger charge is 2.17. The molecule has 1 saturated heterocycles. The highest BCUT2D eigenvalue weighted by molar-refractivity contribution is 5.92. The Balaban J connectivity index is 1.65. The molecule has 1 aromatic carbocycles. The van der Waals surface area contributed by atoms with Crippen LogP contribution in [0.4, 0.5) is 11.6 Å². The van der Waals surface area contributed by atoms with Gasteiger partial charge in [-0.05, 0) is 57.0 Å². The second-order valence-electron chi connectivity index (χ2n) is 6.15. The number of nitrogens with zero attached hydrogens (tertiary/aromatic N) is 2. The Hall–Kier alpha value is -2.67. The van der Waals surface area contributed by atoms with E-state index in [0.29, 0.717) is 24.8 Å². The highest BCUT2D eigenvalue weighted by atomic mass is 16.5. The minimum Gasteiger partial charge on any atom is -0.494 e. The largest absolute Gasteiger partial charge is 0.494 e. The van der Waals surface area contributed by atoms with Crippen molar-refractivity contribution in [2.45, 2.75) is 32.8 Å². The highest BCUT2D eigenvalue weighted by Crippen LogP contribution is 2.19. The number of amides is 1. The topological polar surface area (TPSA) is 85.4 Å². The Kier molecular flexibility index (Phi) is 6.01. The summed E-state index contributed by atoms with van der Waals surface area (Å²) < 4.78 is 11.0. The fourth-order valence-electron chi connectivity index (χ4n) is 2.77. The van der Waals surface area contributed by atoms with Crippen LogP contribution < -0.4 is 15.4 Å². The molecule has 26 heavy (non-hydrogen) atoms. The third-order valence-electron chi connectivity index (χ3n) is 4.02. The van der Waals surface area contributed by atoms with E-state index in [9.17, 15) is 4.79 Å². The molecule has 7 heteroatoms. The van der Waals surface area contributed by atoms with Crippen LogP contribution in [0.1, 0.15) is 35.9 Å². The first-order valence-corrected chi connectivity index (χ1v) is 8.89. The van der Waals surface area contributed by atoms with Gasteiger partial charge in [0, 0.05) is 24.5 Å². The van der Waals surface area contributed by atoms with Crippen molar-refractivity contribution < 1.29 is 14.3 Å². The molecule has 0 aliphatic carbocycles. The minimum atomic E-state index is -0.222. The standard InChI is InChI=1S/C19H24N4O3/c1-3-25-15-8-6-14(7-9-15)22-19-21-13(2)11-17(23-19)18(24)20-12-16-5-4-10-26-16/h6-9,11,16H,3-5,10,12H2,1-2H3,(H,20,24)(H,21,22,23). The van der Waals surface area contributed by atoms with Crippen molar-refractivity contribution in [1.82, 2.24) is 15.3 Å². The maximum absolute atomic E-state index is 12.4. The van der Waals surface area contributed by atoms with E-state index < -0.39 is 0 Å². The first kappa shape index (κ1) is 18.1.